The minimum atomic E-state index is -0.556. The molecule has 0 unspecified atom stereocenters. The number of carbonyl (C=O) groups excluding carboxylic acids is 2. The molecule has 2 N–H and O–H groups in total. The van der Waals surface area contributed by atoms with Gasteiger partial charge in [-0.05, 0) is 42.7 Å². The molecule has 0 aromatic heterocycles. The number of nitrogens with one attached hydrogen (secondary N) is 2. The average molecular weight is 403 g/mol. The number of anilines is 1. The van der Waals surface area contributed by atoms with E-state index in [0.717, 1.165) is 16.8 Å². The van der Waals surface area contributed by atoms with Gasteiger partial charge in [0, 0.05) is 37.6 Å². The lowest BCUT2D eigenvalue weighted by Crippen LogP contribution is -2.48. The van der Waals surface area contributed by atoms with Crippen LogP contribution in [0.5, 0.6) is 0 Å². The number of amides is 3. The van der Waals surface area contributed by atoms with Crippen LogP contribution in [0.3, 0.4) is 0 Å². The molecule has 2 saturated heterocycles. The summed E-state index contributed by atoms with van der Waals surface area (Å²) < 4.78 is 5.50. The molecule has 2 fully saturated rings. The largest absolute Gasteiger partial charge is 0.381 e. The van der Waals surface area contributed by atoms with Gasteiger partial charge in [-0.1, -0.05) is 42.2 Å². The van der Waals surface area contributed by atoms with Gasteiger partial charge in [0.1, 0.15) is 0 Å². The number of carbonyl (C=O) groups is 2. The van der Waals surface area contributed by atoms with Gasteiger partial charge in [0.15, 0.2) is 0 Å². The van der Waals surface area contributed by atoms with Gasteiger partial charge in [0.25, 0.3) is 0 Å². The Hall–Kier alpha value is -3.30. The van der Waals surface area contributed by atoms with Gasteiger partial charge in [0.05, 0.1) is 12.0 Å². The van der Waals surface area contributed by atoms with E-state index in [-0.39, 0.29) is 18.5 Å². The van der Waals surface area contributed by atoms with E-state index in [1.807, 2.05) is 54.6 Å². The van der Waals surface area contributed by atoms with E-state index in [1.165, 1.54) is 0 Å². The summed E-state index contributed by atoms with van der Waals surface area (Å²) in [6.07, 6.45) is 1.34. The fourth-order valence-corrected chi connectivity index (χ4v) is 4.01. The van der Waals surface area contributed by atoms with Crippen molar-refractivity contribution in [1.29, 1.82) is 0 Å². The van der Waals surface area contributed by atoms with Gasteiger partial charge in [-0.25, -0.2) is 4.79 Å². The number of rotatable bonds is 4. The Labute approximate surface area is 176 Å². The van der Waals surface area contributed by atoms with Crippen LogP contribution < -0.4 is 15.5 Å². The summed E-state index contributed by atoms with van der Waals surface area (Å²) >= 11 is 0. The normalized spacial score (nSPS) is 17.6. The molecule has 3 amide bonds. The molecule has 30 heavy (non-hydrogen) atoms. The van der Waals surface area contributed by atoms with Gasteiger partial charge < -0.3 is 15.4 Å². The van der Waals surface area contributed by atoms with Crippen molar-refractivity contribution in [3.8, 4) is 11.8 Å². The molecule has 6 heteroatoms. The van der Waals surface area contributed by atoms with Crippen molar-refractivity contribution in [3.05, 3.63) is 65.7 Å². The van der Waals surface area contributed by atoms with Crippen molar-refractivity contribution >= 4 is 17.6 Å². The number of benzene rings is 2. The molecule has 154 valence electrons. The maximum absolute atomic E-state index is 13.1. The van der Waals surface area contributed by atoms with Crippen LogP contribution >= 0.6 is 0 Å². The smallest absolute Gasteiger partial charge is 0.321 e. The molecule has 0 bridgehead atoms. The van der Waals surface area contributed by atoms with Crippen LogP contribution in [0, 0.1) is 11.8 Å². The molecule has 0 radical (unpaired) electrons. The van der Waals surface area contributed by atoms with E-state index in [4.69, 9.17) is 4.74 Å². The highest BCUT2D eigenvalue weighted by Crippen LogP contribution is 2.35. The first-order chi connectivity index (χ1) is 14.7. The van der Waals surface area contributed by atoms with Gasteiger partial charge in [-0.2, -0.15) is 0 Å². The van der Waals surface area contributed by atoms with E-state index < -0.39 is 5.41 Å². The van der Waals surface area contributed by atoms with Crippen molar-refractivity contribution in [2.24, 2.45) is 0 Å². The van der Waals surface area contributed by atoms with Gasteiger partial charge in [-0.3, -0.25) is 9.69 Å². The molecule has 4 rings (SSSR count). The molecule has 2 aromatic carbocycles. The monoisotopic (exact) mass is 403 g/mol. The second kappa shape index (κ2) is 9.02. The van der Waals surface area contributed by atoms with Crippen molar-refractivity contribution in [2.75, 3.05) is 37.7 Å². The zero-order valence-electron chi connectivity index (χ0n) is 16.8. The van der Waals surface area contributed by atoms with Gasteiger partial charge in [-0.15, -0.1) is 0 Å². The van der Waals surface area contributed by atoms with Crippen molar-refractivity contribution in [2.45, 2.75) is 18.3 Å². The van der Waals surface area contributed by atoms with Crippen LogP contribution in [0.25, 0.3) is 0 Å². The number of nitrogens with zero attached hydrogens (tertiary/aromatic N) is 1. The van der Waals surface area contributed by atoms with Crippen LogP contribution in [0.4, 0.5) is 10.5 Å². The lowest BCUT2D eigenvalue weighted by atomic mass is 9.73. The predicted molar refractivity (Wildman–Crippen MR) is 115 cm³/mol. The molecule has 0 atom stereocenters. The van der Waals surface area contributed by atoms with E-state index in [1.54, 1.807) is 4.90 Å². The van der Waals surface area contributed by atoms with E-state index in [0.29, 0.717) is 39.1 Å². The molecule has 2 heterocycles. The Morgan fingerprint density at radius 1 is 1.10 bits per heavy atom. The number of ether oxygens (including phenoxy) is 1. The Kier molecular flexibility index (Phi) is 6.01. The third kappa shape index (κ3) is 4.17. The molecule has 0 saturated carbocycles. The van der Waals surface area contributed by atoms with Gasteiger partial charge in [0.2, 0.25) is 5.91 Å². The van der Waals surface area contributed by atoms with Gasteiger partial charge >= 0.3 is 6.03 Å². The average Bonchev–Trinajstić information content (AvgIpc) is 3.24. The SMILES string of the molecule is O=C1NCCN1c1ccc(C#CCNC(=O)C2(c3ccccc3)CCOCC2)cc1. The van der Waals surface area contributed by atoms with Crippen LogP contribution in [-0.2, 0) is 14.9 Å². The lowest BCUT2D eigenvalue weighted by Gasteiger charge is -2.36. The fourth-order valence-electron chi connectivity index (χ4n) is 4.01. The molecule has 0 spiro atoms. The summed E-state index contributed by atoms with van der Waals surface area (Å²) in [5.41, 5.74) is 2.17. The minimum Gasteiger partial charge on any atom is -0.381 e. The Balaban J connectivity index is 1.38. The topological polar surface area (TPSA) is 70.7 Å². The first-order valence-electron chi connectivity index (χ1n) is 10.2. The molecule has 2 aliphatic heterocycles. The lowest BCUT2D eigenvalue weighted by molar-refractivity contribution is -0.130. The highest BCUT2D eigenvalue weighted by atomic mass is 16.5. The molecule has 6 nitrogen and oxygen atoms in total. The highest BCUT2D eigenvalue weighted by Gasteiger charge is 2.41. The van der Waals surface area contributed by atoms with E-state index in [2.05, 4.69) is 22.5 Å². The van der Waals surface area contributed by atoms with Crippen molar-refractivity contribution in [1.82, 2.24) is 10.6 Å². The zero-order chi connectivity index (χ0) is 20.8. The summed E-state index contributed by atoms with van der Waals surface area (Å²) in [6.45, 7) is 2.77. The molecular formula is C24H25N3O3. The summed E-state index contributed by atoms with van der Waals surface area (Å²) in [5.74, 6) is 6.11. The van der Waals surface area contributed by atoms with Crippen molar-refractivity contribution < 1.29 is 14.3 Å². The molecular weight excluding hydrogens is 378 g/mol. The maximum atomic E-state index is 13.1. The number of urea groups is 1. The van der Waals surface area contributed by atoms with Crippen molar-refractivity contribution in [3.63, 3.8) is 0 Å². The first-order valence-corrected chi connectivity index (χ1v) is 10.2. The summed E-state index contributed by atoms with van der Waals surface area (Å²) in [6, 6.07) is 17.4. The summed E-state index contributed by atoms with van der Waals surface area (Å²) in [7, 11) is 0. The Morgan fingerprint density at radius 2 is 1.83 bits per heavy atom. The summed E-state index contributed by atoms with van der Waals surface area (Å²) in [5, 5.41) is 5.78. The number of hydrogen-bond acceptors (Lipinski definition) is 3. The Bertz CT molecular complexity index is 955. The first kappa shape index (κ1) is 20.0. The summed E-state index contributed by atoms with van der Waals surface area (Å²) in [4.78, 5) is 26.5. The fraction of sp³-hybridized carbons (Fsp3) is 0.333. The van der Waals surface area contributed by atoms with E-state index >= 15 is 0 Å². The maximum Gasteiger partial charge on any atom is 0.321 e. The third-order valence-electron chi connectivity index (χ3n) is 5.71. The zero-order valence-corrected chi connectivity index (χ0v) is 16.8. The number of hydrogen-bond donors (Lipinski definition) is 2. The third-order valence-corrected chi connectivity index (χ3v) is 5.71. The van der Waals surface area contributed by atoms with Crippen LogP contribution in [0.15, 0.2) is 54.6 Å². The molecule has 0 aliphatic carbocycles. The molecule has 2 aliphatic rings. The van der Waals surface area contributed by atoms with E-state index in [9.17, 15) is 9.59 Å². The quantitative estimate of drug-likeness (QED) is 0.771. The standard InChI is InChI=1S/C24H25N3O3/c28-22(24(12-17-30-18-13-24)20-6-2-1-3-7-20)25-14-4-5-19-8-10-21(11-9-19)27-16-15-26-23(27)29/h1-3,6-11H,12-18H2,(H,25,28)(H,26,29). The second-order valence-electron chi connectivity index (χ2n) is 7.48. The van der Waals surface area contributed by atoms with Crippen LogP contribution in [-0.4, -0.2) is 44.8 Å². The molecule has 2 aromatic rings. The van der Waals surface area contributed by atoms with Crippen LogP contribution in [0.2, 0.25) is 0 Å². The van der Waals surface area contributed by atoms with Crippen LogP contribution in [0.1, 0.15) is 24.0 Å². The second-order valence-corrected chi connectivity index (χ2v) is 7.48. The highest BCUT2D eigenvalue weighted by molar-refractivity contribution is 5.94. The Morgan fingerprint density at radius 3 is 2.50 bits per heavy atom. The minimum absolute atomic E-state index is 0.00157. The predicted octanol–water partition coefficient (Wildman–Crippen LogP) is 2.43.